The molecule has 5 rings (SSSR count). The number of carboxylic acid groups (broad SMARTS) is 1. The molecule has 3 aromatic rings. The van der Waals surface area contributed by atoms with E-state index < -0.39 is 17.4 Å². The van der Waals surface area contributed by atoms with Crippen molar-refractivity contribution in [1.29, 1.82) is 0 Å². The number of aliphatic carboxylic acids is 1. The van der Waals surface area contributed by atoms with Crippen molar-refractivity contribution in [2.75, 3.05) is 18.5 Å². The van der Waals surface area contributed by atoms with Crippen LogP contribution in [0.25, 0.3) is 10.8 Å². The summed E-state index contributed by atoms with van der Waals surface area (Å²) in [5, 5.41) is 15.2. The van der Waals surface area contributed by atoms with Crippen LogP contribution >= 0.6 is 11.8 Å². The zero-order valence-electron chi connectivity index (χ0n) is 20.9. The molecule has 1 unspecified atom stereocenters. The van der Waals surface area contributed by atoms with Gasteiger partial charge in [-0.25, -0.2) is 9.78 Å². The molecule has 0 radical (unpaired) electrons. The number of hydrogen-bond donors (Lipinski definition) is 2. The number of hydrogen-bond acceptors (Lipinski definition) is 8. The molecule has 1 saturated carbocycles. The smallest absolute Gasteiger partial charge is 0.328 e. The van der Waals surface area contributed by atoms with Gasteiger partial charge in [0, 0.05) is 60.3 Å². The van der Waals surface area contributed by atoms with Crippen LogP contribution in [-0.4, -0.2) is 62.3 Å². The second kappa shape index (κ2) is 10.6. The number of anilines is 2. The Morgan fingerprint density at radius 3 is 2.62 bits per heavy atom. The van der Waals surface area contributed by atoms with E-state index in [1.807, 2.05) is 50.2 Å². The Hall–Kier alpha value is -3.30. The molecule has 2 fully saturated rings. The van der Waals surface area contributed by atoms with Crippen molar-refractivity contribution in [2.24, 2.45) is 10.4 Å². The molecule has 1 spiro atoms. The predicted molar refractivity (Wildman–Crippen MR) is 146 cm³/mol. The molecule has 3 heterocycles. The number of ketones is 1. The number of carboxylic acids is 1. The van der Waals surface area contributed by atoms with Gasteiger partial charge in [-0.2, -0.15) is 0 Å². The standard InChI is InChI=1S/C28H30N4O4S/c1-17(2)37-23-24(28(25(23)33)9-13-36-14-10-28)32-22(27(34)35)15-18-3-5-20(6-4-18)31-26-21-16-29-11-7-19(21)8-12-30-26/h3-8,11-12,16-17,22-23H,9-10,13-15H2,1-2H3,(H,30,31)(H,34,35)/t22-,23?/m0/s1. The van der Waals surface area contributed by atoms with Crippen LogP contribution < -0.4 is 5.32 Å². The number of fused-ring (bicyclic) bond motifs is 1. The van der Waals surface area contributed by atoms with Crippen molar-refractivity contribution in [2.45, 2.75) is 49.7 Å². The van der Waals surface area contributed by atoms with Crippen LogP contribution in [-0.2, 0) is 20.7 Å². The SMILES string of the molecule is CC(C)SC1C(=O)C2(CCOCC2)C1=N[C@@H](Cc1ccc(Nc2nccc3ccncc23)cc1)C(=O)O. The van der Waals surface area contributed by atoms with Gasteiger partial charge in [-0.15, -0.1) is 11.8 Å². The van der Waals surface area contributed by atoms with Crippen molar-refractivity contribution in [3.63, 3.8) is 0 Å². The minimum atomic E-state index is -0.989. The lowest BCUT2D eigenvalue weighted by Gasteiger charge is -2.49. The molecule has 0 bridgehead atoms. The van der Waals surface area contributed by atoms with Crippen LogP contribution in [0.4, 0.5) is 11.5 Å². The number of Topliss-reactive ketones (excluding diaryl/α,β-unsaturated/α-hetero) is 1. The van der Waals surface area contributed by atoms with Crippen LogP contribution in [0.1, 0.15) is 32.3 Å². The second-order valence-corrected chi connectivity index (χ2v) is 11.5. The van der Waals surface area contributed by atoms with E-state index in [0.29, 0.717) is 31.9 Å². The number of aromatic nitrogens is 2. The summed E-state index contributed by atoms with van der Waals surface area (Å²) in [6.07, 6.45) is 6.66. The molecule has 8 nitrogen and oxygen atoms in total. The van der Waals surface area contributed by atoms with Crippen molar-refractivity contribution in [3.8, 4) is 0 Å². The maximum atomic E-state index is 13.1. The molecule has 2 N–H and O–H groups in total. The topological polar surface area (TPSA) is 114 Å². The monoisotopic (exact) mass is 518 g/mol. The minimum absolute atomic E-state index is 0.171. The number of carbonyl (C=O) groups is 2. The number of ether oxygens (including phenoxy) is 1. The Kier molecular flexibility index (Phi) is 7.26. The van der Waals surface area contributed by atoms with Crippen molar-refractivity contribution < 1.29 is 19.4 Å². The summed E-state index contributed by atoms with van der Waals surface area (Å²) in [5.41, 5.74) is 1.77. The molecule has 37 heavy (non-hydrogen) atoms. The molecule has 9 heteroatoms. The molecule has 2 aliphatic rings. The fraction of sp³-hybridized carbons (Fsp3) is 0.393. The summed E-state index contributed by atoms with van der Waals surface area (Å²) in [5.74, 6) is -0.111. The maximum Gasteiger partial charge on any atom is 0.328 e. The van der Waals surface area contributed by atoms with E-state index in [9.17, 15) is 14.7 Å². The second-order valence-electron chi connectivity index (χ2n) is 9.77. The largest absolute Gasteiger partial charge is 0.480 e. The summed E-state index contributed by atoms with van der Waals surface area (Å²) in [6, 6.07) is 10.5. The molecular formula is C28H30N4O4S. The maximum absolute atomic E-state index is 13.1. The summed E-state index contributed by atoms with van der Waals surface area (Å²) in [4.78, 5) is 38.8. The first-order chi connectivity index (χ1) is 17.9. The third-order valence-electron chi connectivity index (χ3n) is 7.00. The molecule has 1 saturated heterocycles. The van der Waals surface area contributed by atoms with E-state index in [2.05, 4.69) is 15.3 Å². The fourth-order valence-corrected chi connectivity index (χ4v) is 6.35. The van der Waals surface area contributed by atoms with Gasteiger partial charge in [-0.1, -0.05) is 26.0 Å². The molecule has 1 aliphatic heterocycles. The number of thioether (sulfide) groups is 1. The highest BCUT2D eigenvalue weighted by Gasteiger charge is 2.60. The Morgan fingerprint density at radius 1 is 1.19 bits per heavy atom. The first-order valence-electron chi connectivity index (χ1n) is 12.5. The Balaban J connectivity index is 1.35. The number of rotatable bonds is 8. The number of pyridine rings is 2. The summed E-state index contributed by atoms with van der Waals surface area (Å²) >= 11 is 1.56. The van der Waals surface area contributed by atoms with Crippen molar-refractivity contribution >= 4 is 51.5 Å². The first-order valence-corrected chi connectivity index (χ1v) is 13.4. The number of nitrogens with one attached hydrogen (secondary N) is 1. The Morgan fingerprint density at radius 2 is 1.92 bits per heavy atom. The Bertz CT molecular complexity index is 1330. The van der Waals surface area contributed by atoms with Crippen LogP contribution in [0.3, 0.4) is 0 Å². The molecule has 192 valence electrons. The summed E-state index contributed by atoms with van der Waals surface area (Å²) in [7, 11) is 0. The Labute approximate surface area is 220 Å². The lowest BCUT2D eigenvalue weighted by atomic mass is 9.60. The quantitative estimate of drug-likeness (QED) is 0.441. The van der Waals surface area contributed by atoms with Gasteiger partial charge in [0.25, 0.3) is 0 Å². The highest BCUT2D eigenvalue weighted by Crippen LogP contribution is 2.49. The highest BCUT2D eigenvalue weighted by molar-refractivity contribution is 8.02. The first kappa shape index (κ1) is 25.4. The van der Waals surface area contributed by atoms with Gasteiger partial charge in [-0.05, 0) is 48.1 Å². The predicted octanol–water partition coefficient (Wildman–Crippen LogP) is 4.70. The normalized spacial score (nSPS) is 20.8. The third-order valence-corrected chi connectivity index (χ3v) is 8.25. The summed E-state index contributed by atoms with van der Waals surface area (Å²) in [6.45, 7) is 5.08. The van der Waals surface area contributed by atoms with E-state index in [1.165, 1.54) is 0 Å². The molecular weight excluding hydrogens is 488 g/mol. The zero-order valence-corrected chi connectivity index (χ0v) is 21.7. The lowest BCUT2D eigenvalue weighted by Crippen LogP contribution is -2.63. The number of aliphatic imine (C=N–C) groups is 1. The van der Waals surface area contributed by atoms with Crippen LogP contribution in [0, 0.1) is 5.41 Å². The minimum Gasteiger partial charge on any atom is -0.480 e. The van der Waals surface area contributed by atoms with E-state index >= 15 is 0 Å². The fourth-order valence-electron chi connectivity index (χ4n) is 5.04. The third kappa shape index (κ3) is 5.10. The zero-order chi connectivity index (χ0) is 26.0. The number of nitrogens with zero attached hydrogens (tertiary/aromatic N) is 3. The summed E-state index contributed by atoms with van der Waals surface area (Å²) < 4.78 is 5.49. The molecule has 2 aromatic heterocycles. The van der Waals surface area contributed by atoms with E-state index in [1.54, 1.807) is 30.4 Å². The van der Waals surface area contributed by atoms with Crippen LogP contribution in [0.15, 0.2) is 60.0 Å². The lowest BCUT2D eigenvalue weighted by molar-refractivity contribution is -0.138. The average Bonchev–Trinajstić information content (AvgIpc) is 2.91. The van der Waals surface area contributed by atoms with Crippen LogP contribution in [0.5, 0.6) is 0 Å². The van der Waals surface area contributed by atoms with Gasteiger partial charge in [0.05, 0.1) is 5.41 Å². The van der Waals surface area contributed by atoms with Gasteiger partial charge >= 0.3 is 5.97 Å². The van der Waals surface area contributed by atoms with Gasteiger partial charge in [0.15, 0.2) is 11.8 Å². The van der Waals surface area contributed by atoms with Crippen LogP contribution in [0.2, 0.25) is 0 Å². The molecule has 0 amide bonds. The van der Waals surface area contributed by atoms with Gasteiger partial charge in [0.2, 0.25) is 0 Å². The van der Waals surface area contributed by atoms with Crippen molar-refractivity contribution in [1.82, 2.24) is 9.97 Å². The van der Waals surface area contributed by atoms with Gasteiger partial charge < -0.3 is 15.2 Å². The number of carbonyl (C=O) groups excluding carboxylic acids is 1. The van der Waals surface area contributed by atoms with E-state index in [4.69, 9.17) is 9.73 Å². The average molecular weight is 519 g/mol. The molecule has 2 atom stereocenters. The van der Waals surface area contributed by atoms with Gasteiger partial charge in [-0.3, -0.25) is 14.8 Å². The molecule has 1 aliphatic carbocycles. The van der Waals surface area contributed by atoms with E-state index in [0.717, 1.165) is 27.7 Å². The molecule has 1 aromatic carbocycles. The van der Waals surface area contributed by atoms with Gasteiger partial charge in [0.1, 0.15) is 11.1 Å². The van der Waals surface area contributed by atoms with Crippen molar-refractivity contribution in [3.05, 3.63) is 60.6 Å². The number of benzene rings is 1. The highest BCUT2D eigenvalue weighted by atomic mass is 32.2. The van der Waals surface area contributed by atoms with E-state index in [-0.39, 0.29) is 22.7 Å².